The number of nitrogens with one attached hydrogen (secondary N) is 1. The number of hydrogen-bond donors (Lipinski definition) is 1. The zero-order valence-corrected chi connectivity index (χ0v) is 16.1. The van der Waals surface area contributed by atoms with Gasteiger partial charge in [0.15, 0.2) is 11.6 Å². The molecule has 0 spiro atoms. The smallest absolute Gasteiger partial charge is 0.256 e. The first-order valence-corrected chi connectivity index (χ1v) is 9.38. The molecular weight excluding hydrogens is 338 g/mol. The number of hydrogen-bond acceptors (Lipinski definition) is 4. The zero-order chi connectivity index (χ0) is 19.0. The Bertz CT molecular complexity index is 980. The van der Waals surface area contributed by atoms with Crippen LogP contribution in [0.3, 0.4) is 0 Å². The summed E-state index contributed by atoms with van der Waals surface area (Å²) in [6, 6.07) is 12.4. The summed E-state index contributed by atoms with van der Waals surface area (Å²) in [6.07, 6.45) is 2.36. The molecule has 1 aliphatic heterocycles. The van der Waals surface area contributed by atoms with Crippen molar-refractivity contribution in [2.24, 2.45) is 0 Å². The minimum atomic E-state index is -0.0702. The summed E-state index contributed by atoms with van der Waals surface area (Å²) in [5.41, 5.74) is 4.34. The van der Waals surface area contributed by atoms with Gasteiger partial charge in [0.2, 0.25) is 0 Å². The summed E-state index contributed by atoms with van der Waals surface area (Å²) < 4.78 is 5.36. The highest BCUT2D eigenvalue weighted by molar-refractivity contribution is 5.47. The first-order valence-electron chi connectivity index (χ1n) is 9.38. The third-order valence-electron chi connectivity index (χ3n) is 5.13. The van der Waals surface area contributed by atoms with Crippen LogP contribution in [0.15, 0.2) is 51.9 Å². The predicted octanol–water partition coefficient (Wildman–Crippen LogP) is 3.89. The quantitative estimate of drug-likeness (QED) is 0.767. The van der Waals surface area contributed by atoms with Crippen LogP contribution in [0, 0.1) is 0 Å². The van der Waals surface area contributed by atoms with E-state index in [4.69, 9.17) is 4.42 Å². The largest absolute Gasteiger partial charge is 0.461 e. The number of aromatic amines is 1. The van der Waals surface area contributed by atoms with E-state index in [1.54, 1.807) is 18.4 Å². The van der Waals surface area contributed by atoms with E-state index in [1.165, 1.54) is 11.1 Å². The number of furan rings is 1. The van der Waals surface area contributed by atoms with Crippen LogP contribution >= 0.6 is 0 Å². The van der Waals surface area contributed by atoms with Crippen molar-refractivity contribution in [1.82, 2.24) is 14.9 Å². The molecule has 0 fully saturated rings. The fraction of sp³-hybridized carbons (Fsp3) is 0.364. The Balaban J connectivity index is 1.51. The summed E-state index contributed by atoms with van der Waals surface area (Å²) in [7, 11) is 0. The maximum absolute atomic E-state index is 12.6. The summed E-state index contributed by atoms with van der Waals surface area (Å²) in [6.45, 7) is 9.02. The molecule has 0 bridgehead atoms. The Labute approximate surface area is 159 Å². The summed E-state index contributed by atoms with van der Waals surface area (Å²) in [5.74, 6) is 1.10. The number of rotatable bonds is 3. The molecule has 0 aliphatic carbocycles. The van der Waals surface area contributed by atoms with Crippen LogP contribution in [0.25, 0.3) is 11.6 Å². The molecular formula is C22H25N3O2. The van der Waals surface area contributed by atoms with Gasteiger partial charge in [-0.3, -0.25) is 9.69 Å². The molecule has 140 valence electrons. The van der Waals surface area contributed by atoms with Crippen molar-refractivity contribution in [1.29, 1.82) is 0 Å². The van der Waals surface area contributed by atoms with E-state index < -0.39 is 0 Å². The number of nitrogens with zero attached hydrogens (tertiary/aromatic N) is 2. The number of H-pyrrole nitrogens is 1. The average molecular weight is 363 g/mol. The highest BCUT2D eigenvalue weighted by atomic mass is 16.3. The molecule has 3 aromatic rings. The van der Waals surface area contributed by atoms with E-state index in [0.29, 0.717) is 18.1 Å². The molecule has 0 amide bonds. The standard InChI is InChI=1S/C22H25N3O2/c1-22(2,3)16-8-6-15(7-9-16)13-25-11-10-18-17(14-25)21(26)24-20(23-18)19-5-4-12-27-19/h4-9,12H,10-11,13-14H2,1-3H3,(H,23,24,26). The molecule has 0 saturated carbocycles. The highest BCUT2D eigenvalue weighted by Gasteiger charge is 2.22. The molecule has 1 aromatic carbocycles. The normalized spacial score (nSPS) is 14.9. The van der Waals surface area contributed by atoms with Crippen molar-refractivity contribution >= 4 is 0 Å². The predicted molar refractivity (Wildman–Crippen MR) is 106 cm³/mol. The molecule has 1 N–H and O–H groups in total. The van der Waals surface area contributed by atoms with Gasteiger partial charge in [0.1, 0.15) is 0 Å². The van der Waals surface area contributed by atoms with Gasteiger partial charge in [-0.25, -0.2) is 4.98 Å². The third-order valence-corrected chi connectivity index (χ3v) is 5.13. The molecule has 2 aromatic heterocycles. The van der Waals surface area contributed by atoms with Gasteiger partial charge < -0.3 is 9.40 Å². The lowest BCUT2D eigenvalue weighted by atomic mass is 9.86. The molecule has 5 heteroatoms. The Morgan fingerprint density at radius 3 is 2.63 bits per heavy atom. The highest BCUT2D eigenvalue weighted by Crippen LogP contribution is 2.24. The zero-order valence-electron chi connectivity index (χ0n) is 16.1. The fourth-order valence-electron chi connectivity index (χ4n) is 3.51. The molecule has 0 atom stereocenters. The summed E-state index contributed by atoms with van der Waals surface area (Å²) >= 11 is 0. The van der Waals surface area contributed by atoms with E-state index >= 15 is 0 Å². The van der Waals surface area contributed by atoms with Crippen LogP contribution in [0.5, 0.6) is 0 Å². The number of aromatic nitrogens is 2. The van der Waals surface area contributed by atoms with Crippen molar-refractivity contribution in [3.63, 3.8) is 0 Å². The monoisotopic (exact) mass is 363 g/mol. The van der Waals surface area contributed by atoms with Crippen LogP contribution < -0.4 is 5.56 Å². The number of fused-ring (bicyclic) bond motifs is 1. The third kappa shape index (κ3) is 3.74. The van der Waals surface area contributed by atoms with E-state index in [2.05, 4.69) is 59.9 Å². The van der Waals surface area contributed by atoms with Crippen LogP contribution in [0.4, 0.5) is 0 Å². The number of benzene rings is 1. The molecule has 5 nitrogen and oxygen atoms in total. The van der Waals surface area contributed by atoms with E-state index in [9.17, 15) is 4.79 Å². The molecule has 27 heavy (non-hydrogen) atoms. The SMILES string of the molecule is CC(C)(C)c1ccc(CN2CCc3nc(-c4ccco4)[nH]c(=O)c3C2)cc1. The van der Waals surface area contributed by atoms with Crippen LogP contribution in [0.2, 0.25) is 0 Å². The fourth-order valence-corrected chi connectivity index (χ4v) is 3.51. The van der Waals surface area contributed by atoms with Crippen molar-refractivity contribution in [3.05, 3.63) is 75.4 Å². The minimum Gasteiger partial charge on any atom is -0.461 e. The lowest BCUT2D eigenvalue weighted by Gasteiger charge is -2.28. The van der Waals surface area contributed by atoms with Gasteiger partial charge in [0.05, 0.1) is 17.5 Å². The maximum Gasteiger partial charge on any atom is 0.256 e. The topological polar surface area (TPSA) is 62.1 Å². The van der Waals surface area contributed by atoms with Gasteiger partial charge in [-0.2, -0.15) is 0 Å². The van der Waals surface area contributed by atoms with Gasteiger partial charge in [0, 0.05) is 26.1 Å². The Kier molecular flexibility index (Phi) is 4.48. The Hall–Kier alpha value is -2.66. The maximum atomic E-state index is 12.6. The van der Waals surface area contributed by atoms with Crippen molar-refractivity contribution in [3.8, 4) is 11.6 Å². The van der Waals surface area contributed by atoms with Crippen LogP contribution in [0.1, 0.15) is 43.2 Å². The van der Waals surface area contributed by atoms with Crippen LogP contribution in [-0.4, -0.2) is 21.4 Å². The van der Waals surface area contributed by atoms with Gasteiger partial charge in [0.25, 0.3) is 5.56 Å². The van der Waals surface area contributed by atoms with Gasteiger partial charge in [-0.15, -0.1) is 0 Å². The van der Waals surface area contributed by atoms with Gasteiger partial charge >= 0.3 is 0 Å². The van der Waals surface area contributed by atoms with E-state index in [0.717, 1.165) is 30.8 Å². The summed E-state index contributed by atoms with van der Waals surface area (Å²) in [5, 5.41) is 0. The van der Waals surface area contributed by atoms with Crippen molar-refractivity contribution in [2.75, 3.05) is 6.54 Å². The van der Waals surface area contributed by atoms with Gasteiger partial charge in [-0.1, -0.05) is 45.0 Å². The van der Waals surface area contributed by atoms with Crippen LogP contribution in [-0.2, 0) is 24.9 Å². The molecule has 0 saturated heterocycles. The molecule has 1 aliphatic rings. The molecule has 0 radical (unpaired) electrons. The average Bonchev–Trinajstić information content (AvgIpc) is 3.16. The van der Waals surface area contributed by atoms with E-state index in [-0.39, 0.29) is 11.0 Å². The first kappa shape index (κ1) is 17.7. The Morgan fingerprint density at radius 2 is 1.96 bits per heavy atom. The van der Waals surface area contributed by atoms with Crippen molar-refractivity contribution in [2.45, 2.75) is 45.7 Å². The summed E-state index contributed by atoms with van der Waals surface area (Å²) in [4.78, 5) is 22.4. The lowest BCUT2D eigenvalue weighted by molar-refractivity contribution is 0.242. The Morgan fingerprint density at radius 1 is 1.19 bits per heavy atom. The molecule has 4 rings (SSSR count). The van der Waals surface area contributed by atoms with Crippen molar-refractivity contribution < 1.29 is 4.42 Å². The second-order valence-corrected chi connectivity index (χ2v) is 8.22. The second kappa shape index (κ2) is 6.82. The minimum absolute atomic E-state index is 0.0702. The molecule has 3 heterocycles. The second-order valence-electron chi connectivity index (χ2n) is 8.22. The first-order chi connectivity index (χ1) is 12.9. The lowest BCUT2D eigenvalue weighted by Crippen LogP contribution is -2.35. The van der Waals surface area contributed by atoms with Gasteiger partial charge in [-0.05, 0) is 28.7 Å². The molecule has 0 unspecified atom stereocenters. The van der Waals surface area contributed by atoms with E-state index in [1.807, 2.05) is 0 Å².